The van der Waals surface area contributed by atoms with Crippen molar-refractivity contribution >= 4 is 34.8 Å². The molecule has 0 saturated heterocycles. The molecule has 0 unspecified atom stereocenters. The standard InChI is InChI=1S/C23H27N5O2S/c1-4-30-20-11-7-18(8-12-20)26-21-15-16(2)25-22(27-21)28-23(31)24-14-13-17-5-9-19(29-3)10-6-17/h5-12,15H,4,13-14H2,1-3H3,(H3,24,25,26,27,28,31). The van der Waals surface area contributed by atoms with Crippen LogP contribution in [0.25, 0.3) is 0 Å². The van der Waals surface area contributed by atoms with Gasteiger partial charge in [-0.15, -0.1) is 0 Å². The lowest BCUT2D eigenvalue weighted by Gasteiger charge is -2.12. The molecule has 31 heavy (non-hydrogen) atoms. The summed E-state index contributed by atoms with van der Waals surface area (Å²) in [6, 6.07) is 17.6. The summed E-state index contributed by atoms with van der Waals surface area (Å²) in [7, 11) is 1.66. The van der Waals surface area contributed by atoms with E-state index in [9.17, 15) is 0 Å². The fraction of sp³-hybridized carbons (Fsp3) is 0.261. The van der Waals surface area contributed by atoms with Crippen LogP contribution in [0.3, 0.4) is 0 Å². The minimum atomic E-state index is 0.440. The van der Waals surface area contributed by atoms with E-state index in [1.165, 1.54) is 5.56 Å². The fourth-order valence-corrected chi connectivity index (χ4v) is 3.09. The van der Waals surface area contributed by atoms with Crippen LogP contribution in [-0.2, 0) is 6.42 Å². The predicted molar refractivity (Wildman–Crippen MR) is 129 cm³/mol. The molecule has 3 rings (SSSR count). The third kappa shape index (κ3) is 7.11. The third-order valence-corrected chi connectivity index (χ3v) is 4.62. The Labute approximate surface area is 188 Å². The zero-order chi connectivity index (χ0) is 22.1. The van der Waals surface area contributed by atoms with Gasteiger partial charge in [0.2, 0.25) is 5.95 Å². The molecule has 162 valence electrons. The van der Waals surface area contributed by atoms with Gasteiger partial charge in [-0.1, -0.05) is 12.1 Å². The molecule has 7 nitrogen and oxygen atoms in total. The van der Waals surface area contributed by atoms with Crippen LogP contribution in [0.1, 0.15) is 18.2 Å². The number of nitrogens with one attached hydrogen (secondary N) is 3. The zero-order valence-electron chi connectivity index (χ0n) is 17.9. The maximum absolute atomic E-state index is 5.47. The summed E-state index contributed by atoms with van der Waals surface area (Å²) in [5.41, 5.74) is 2.93. The van der Waals surface area contributed by atoms with Crippen molar-refractivity contribution in [3.8, 4) is 11.5 Å². The van der Waals surface area contributed by atoms with Gasteiger partial charge in [0.1, 0.15) is 17.3 Å². The number of thiocarbonyl (C=S) groups is 1. The number of ether oxygens (including phenoxy) is 2. The van der Waals surface area contributed by atoms with Gasteiger partial charge in [0.25, 0.3) is 0 Å². The normalized spacial score (nSPS) is 10.3. The van der Waals surface area contributed by atoms with Crippen molar-refractivity contribution < 1.29 is 9.47 Å². The molecule has 0 radical (unpaired) electrons. The van der Waals surface area contributed by atoms with Crippen molar-refractivity contribution in [1.29, 1.82) is 0 Å². The quantitative estimate of drug-likeness (QED) is 0.423. The Hall–Kier alpha value is -3.39. The molecule has 0 aliphatic rings. The number of rotatable bonds is 9. The van der Waals surface area contributed by atoms with E-state index in [0.717, 1.165) is 29.3 Å². The van der Waals surface area contributed by atoms with E-state index in [4.69, 9.17) is 21.7 Å². The molecule has 0 saturated carbocycles. The Morgan fingerprint density at radius 3 is 2.39 bits per heavy atom. The Balaban J connectivity index is 1.53. The summed E-state index contributed by atoms with van der Waals surface area (Å²) in [6.45, 7) is 5.21. The highest BCUT2D eigenvalue weighted by molar-refractivity contribution is 7.80. The molecule has 0 spiro atoms. The summed E-state index contributed by atoms with van der Waals surface area (Å²) in [6.07, 6.45) is 0.838. The van der Waals surface area contributed by atoms with Crippen molar-refractivity contribution in [2.75, 3.05) is 30.9 Å². The first-order valence-electron chi connectivity index (χ1n) is 10.1. The Morgan fingerprint density at radius 2 is 1.71 bits per heavy atom. The molecule has 0 fully saturated rings. The molecule has 1 heterocycles. The molecule has 2 aromatic carbocycles. The first-order valence-corrected chi connectivity index (χ1v) is 10.5. The number of hydrogen-bond donors (Lipinski definition) is 3. The summed E-state index contributed by atoms with van der Waals surface area (Å²) < 4.78 is 10.7. The summed E-state index contributed by atoms with van der Waals surface area (Å²) in [4.78, 5) is 8.92. The van der Waals surface area contributed by atoms with E-state index in [0.29, 0.717) is 30.0 Å². The Morgan fingerprint density at radius 1 is 1.00 bits per heavy atom. The molecular formula is C23H27N5O2S. The van der Waals surface area contributed by atoms with E-state index < -0.39 is 0 Å². The molecule has 8 heteroatoms. The maximum Gasteiger partial charge on any atom is 0.231 e. The minimum absolute atomic E-state index is 0.440. The van der Waals surface area contributed by atoms with Crippen LogP contribution >= 0.6 is 12.2 Å². The average molecular weight is 438 g/mol. The lowest BCUT2D eigenvalue weighted by Crippen LogP contribution is -2.31. The van der Waals surface area contributed by atoms with Crippen LogP contribution in [0.2, 0.25) is 0 Å². The van der Waals surface area contributed by atoms with Gasteiger partial charge in [-0.05, 0) is 74.4 Å². The average Bonchev–Trinajstić information content (AvgIpc) is 2.75. The Kier molecular flexibility index (Phi) is 8.00. The first-order chi connectivity index (χ1) is 15.1. The summed E-state index contributed by atoms with van der Waals surface area (Å²) >= 11 is 5.39. The minimum Gasteiger partial charge on any atom is -0.497 e. The predicted octanol–water partition coefficient (Wildman–Crippen LogP) is 4.47. The van der Waals surface area contributed by atoms with E-state index in [1.54, 1.807) is 7.11 Å². The van der Waals surface area contributed by atoms with E-state index in [2.05, 4.69) is 25.9 Å². The number of nitrogens with zero attached hydrogens (tertiary/aromatic N) is 2. The van der Waals surface area contributed by atoms with Gasteiger partial charge in [0.05, 0.1) is 13.7 Å². The van der Waals surface area contributed by atoms with Crippen LogP contribution < -0.4 is 25.4 Å². The van der Waals surface area contributed by atoms with Gasteiger partial charge >= 0.3 is 0 Å². The number of anilines is 3. The summed E-state index contributed by atoms with van der Waals surface area (Å²) in [5.74, 6) is 2.80. The second-order valence-corrected chi connectivity index (χ2v) is 7.19. The zero-order valence-corrected chi connectivity index (χ0v) is 18.8. The largest absolute Gasteiger partial charge is 0.497 e. The lowest BCUT2D eigenvalue weighted by molar-refractivity contribution is 0.340. The SMILES string of the molecule is CCOc1ccc(Nc2cc(C)nc(NC(=S)NCCc3ccc(OC)cc3)n2)cc1. The van der Waals surface area contributed by atoms with Crippen molar-refractivity contribution in [2.45, 2.75) is 20.3 Å². The van der Waals surface area contributed by atoms with Crippen molar-refractivity contribution in [2.24, 2.45) is 0 Å². The van der Waals surface area contributed by atoms with Gasteiger partial charge in [0, 0.05) is 24.0 Å². The lowest BCUT2D eigenvalue weighted by atomic mass is 10.1. The number of aromatic nitrogens is 2. The highest BCUT2D eigenvalue weighted by Gasteiger charge is 2.06. The monoisotopic (exact) mass is 437 g/mol. The molecule has 0 amide bonds. The van der Waals surface area contributed by atoms with E-state index in [1.807, 2.05) is 68.4 Å². The van der Waals surface area contributed by atoms with Crippen molar-refractivity contribution in [3.05, 3.63) is 65.9 Å². The molecule has 0 aliphatic heterocycles. The second-order valence-electron chi connectivity index (χ2n) is 6.78. The van der Waals surface area contributed by atoms with Gasteiger partial charge in [0.15, 0.2) is 5.11 Å². The highest BCUT2D eigenvalue weighted by Crippen LogP contribution is 2.20. The molecule has 0 atom stereocenters. The molecule has 3 aromatic rings. The van der Waals surface area contributed by atoms with Gasteiger partial charge in [-0.25, -0.2) is 4.98 Å². The number of benzene rings is 2. The van der Waals surface area contributed by atoms with E-state index >= 15 is 0 Å². The second kappa shape index (κ2) is 11.1. The van der Waals surface area contributed by atoms with Crippen LogP contribution in [0.5, 0.6) is 11.5 Å². The topological polar surface area (TPSA) is 80.3 Å². The van der Waals surface area contributed by atoms with Gasteiger partial charge in [-0.2, -0.15) is 4.98 Å². The summed E-state index contributed by atoms with van der Waals surface area (Å²) in [5, 5.41) is 10.0. The van der Waals surface area contributed by atoms with Crippen LogP contribution in [0.4, 0.5) is 17.5 Å². The van der Waals surface area contributed by atoms with Crippen molar-refractivity contribution in [3.63, 3.8) is 0 Å². The molecule has 0 aliphatic carbocycles. The van der Waals surface area contributed by atoms with Crippen LogP contribution in [-0.4, -0.2) is 35.3 Å². The third-order valence-electron chi connectivity index (χ3n) is 4.38. The molecular weight excluding hydrogens is 410 g/mol. The smallest absolute Gasteiger partial charge is 0.231 e. The van der Waals surface area contributed by atoms with Crippen molar-refractivity contribution in [1.82, 2.24) is 15.3 Å². The molecule has 1 aromatic heterocycles. The number of aryl methyl sites for hydroxylation is 1. The highest BCUT2D eigenvalue weighted by atomic mass is 32.1. The molecule has 0 bridgehead atoms. The van der Waals surface area contributed by atoms with Crippen LogP contribution in [0.15, 0.2) is 54.6 Å². The van der Waals surface area contributed by atoms with E-state index in [-0.39, 0.29) is 0 Å². The Bertz CT molecular complexity index is 994. The fourth-order valence-electron chi connectivity index (χ4n) is 2.90. The van der Waals surface area contributed by atoms with Gasteiger partial charge in [-0.3, -0.25) is 0 Å². The maximum atomic E-state index is 5.47. The first kappa shape index (κ1) is 22.3. The number of hydrogen-bond acceptors (Lipinski definition) is 6. The molecule has 3 N–H and O–H groups in total. The van der Waals surface area contributed by atoms with Crippen LogP contribution in [0, 0.1) is 6.92 Å². The van der Waals surface area contributed by atoms with Gasteiger partial charge < -0.3 is 25.4 Å². The number of methoxy groups -OCH3 is 1.